The van der Waals surface area contributed by atoms with Crippen molar-refractivity contribution in [2.45, 2.75) is 5.33 Å². The fourth-order valence-electron chi connectivity index (χ4n) is 1.54. The first-order valence-electron chi connectivity index (χ1n) is 5.75. The summed E-state index contributed by atoms with van der Waals surface area (Å²) in [5.41, 5.74) is 1.83. The minimum absolute atomic E-state index is 0.0305. The maximum absolute atomic E-state index is 11.9. The predicted octanol–water partition coefficient (Wildman–Crippen LogP) is 4.61. The molecule has 2 rings (SSSR count). The predicted molar refractivity (Wildman–Crippen MR) is 83.0 cm³/mol. The molecule has 0 heterocycles. The molecule has 0 unspecified atom stereocenters. The summed E-state index contributed by atoms with van der Waals surface area (Å²) in [6.07, 6.45) is 0. The van der Waals surface area contributed by atoms with Gasteiger partial charge in [-0.15, -0.1) is 0 Å². The molecule has 19 heavy (non-hydrogen) atoms. The van der Waals surface area contributed by atoms with Crippen LogP contribution in [-0.4, -0.2) is 12.4 Å². The Kier molecular flexibility index (Phi) is 5.16. The van der Waals surface area contributed by atoms with Gasteiger partial charge in [-0.2, -0.15) is 0 Å². The van der Waals surface area contributed by atoms with E-state index in [9.17, 15) is 4.79 Å². The van der Waals surface area contributed by atoms with Gasteiger partial charge in [0.2, 0.25) is 0 Å². The quantitative estimate of drug-likeness (QED) is 0.556. The molecule has 0 spiro atoms. The molecule has 0 radical (unpaired) electrons. The number of alkyl halides is 1. The number of rotatable bonds is 5. The average molecular weight is 384 g/mol. The molecule has 0 amide bonds. The maximum atomic E-state index is 11.9. The summed E-state index contributed by atoms with van der Waals surface area (Å²) in [7, 11) is 0. The topological polar surface area (TPSA) is 26.3 Å². The lowest BCUT2D eigenvalue weighted by Gasteiger charge is -2.06. The van der Waals surface area contributed by atoms with Crippen molar-refractivity contribution >= 4 is 37.6 Å². The van der Waals surface area contributed by atoms with Crippen molar-refractivity contribution in [3.8, 4) is 5.75 Å². The van der Waals surface area contributed by atoms with E-state index in [2.05, 4.69) is 31.9 Å². The molecule has 0 N–H and O–H groups in total. The molecule has 0 saturated heterocycles. The highest BCUT2D eigenvalue weighted by Crippen LogP contribution is 2.15. The van der Waals surface area contributed by atoms with Crippen molar-refractivity contribution in [1.29, 1.82) is 0 Å². The van der Waals surface area contributed by atoms with Crippen molar-refractivity contribution in [3.05, 3.63) is 64.1 Å². The van der Waals surface area contributed by atoms with Crippen LogP contribution in [0.1, 0.15) is 15.9 Å². The summed E-state index contributed by atoms with van der Waals surface area (Å²) in [6.45, 7) is 0.0509. The standard InChI is InChI=1S/C15H12Br2O2/c16-9-11-1-7-14(8-2-11)19-10-15(18)12-3-5-13(17)6-4-12/h1-8H,9-10H2. The number of halogens is 2. The van der Waals surface area contributed by atoms with E-state index < -0.39 is 0 Å². The maximum Gasteiger partial charge on any atom is 0.200 e. The smallest absolute Gasteiger partial charge is 0.200 e. The molecule has 2 nitrogen and oxygen atoms in total. The normalized spacial score (nSPS) is 10.2. The summed E-state index contributed by atoms with van der Waals surface area (Å²) < 4.78 is 6.43. The molecular formula is C15H12Br2O2. The lowest BCUT2D eigenvalue weighted by Crippen LogP contribution is -2.11. The average Bonchev–Trinajstić information content (AvgIpc) is 2.46. The van der Waals surface area contributed by atoms with Crippen molar-refractivity contribution < 1.29 is 9.53 Å². The largest absolute Gasteiger partial charge is 0.485 e. The van der Waals surface area contributed by atoms with Gasteiger partial charge in [-0.1, -0.05) is 56.1 Å². The van der Waals surface area contributed by atoms with E-state index in [4.69, 9.17) is 4.74 Å². The third-order valence-corrected chi connectivity index (χ3v) is 3.79. The molecule has 0 aromatic heterocycles. The summed E-state index contributed by atoms with van der Waals surface area (Å²) in [6, 6.07) is 14.9. The number of hydrogen-bond donors (Lipinski definition) is 0. The number of benzene rings is 2. The molecule has 0 atom stereocenters. The second-order valence-electron chi connectivity index (χ2n) is 4.00. The zero-order chi connectivity index (χ0) is 13.7. The molecule has 0 fully saturated rings. The first kappa shape index (κ1) is 14.3. The van der Waals surface area contributed by atoms with Gasteiger partial charge in [-0.25, -0.2) is 0 Å². The van der Waals surface area contributed by atoms with Gasteiger partial charge in [-0.05, 0) is 29.8 Å². The van der Waals surface area contributed by atoms with Crippen molar-refractivity contribution in [2.24, 2.45) is 0 Å². The van der Waals surface area contributed by atoms with Crippen LogP contribution in [0.4, 0.5) is 0 Å². The van der Waals surface area contributed by atoms with Crippen LogP contribution in [0.15, 0.2) is 53.0 Å². The Labute approximate surface area is 129 Å². The van der Waals surface area contributed by atoms with Crippen LogP contribution in [0.25, 0.3) is 0 Å². The van der Waals surface area contributed by atoms with Crippen molar-refractivity contribution in [3.63, 3.8) is 0 Å². The minimum Gasteiger partial charge on any atom is -0.485 e. The Morgan fingerprint density at radius 3 is 2.21 bits per heavy atom. The van der Waals surface area contributed by atoms with E-state index in [0.29, 0.717) is 11.3 Å². The Bertz CT molecular complexity index is 547. The van der Waals surface area contributed by atoms with Crippen LogP contribution >= 0.6 is 31.9 Å². The lowest BCUT2D eigenvalue weighted by molar-refractivity contribution is 0.0921. The van der Waals surface area contributed by atoms with Gasteiger partial charge >= 0.3 is 0 Å². The van der Waals surface area contributed by atoms with Crippen LogP contribution in [0, 0.1) is 0 Å². The summed E-state index contributed by atoms with van der Waals surface area (Å²) >= 11 is 6.72. The van der Waals surface area contributed by atoms with Crippen LogP contribution in [0.2, 0.25) is 0 Å². The van der Waals surface area contributed by atoms with E-state index in [-0.39, 0.29) is 12.4 Å². The van der Waals surface area contributed by atoms with Crippen molar-refractivity contribution in [1.82, 2.24) is 0 Å². The van der Waals surface area contributed by atoms with Gasteiger partial charge < -0.3 is 4.74 Å². The van der Waals surface area contributed by atoms with Gasteiger partial charge in [-0.3, -0.25) is 4.79 Å². The van der Waals surface area contributed by atoms with E-state index in [1.54, 1.807) is 12.1 Å². The molecule has 0 bridgehead atoms. The third-order valence-electron chi connectivity index (χ3n) is 2.61. The van der Waals surface area contributed by atoms with E-state index in [1.165, 1.54) is 5.56 Å². The Balaban J connectivity index is 1.94. The zero-order valence-corrected chi connectivity index (χ0v) is 13.3. The van der Waals surface area contributed by atoms with E-state index in [0.717, 1.165) is 9.80 Å². The number of hydrogen-bond acceptors (Lipinski definition) is 2. The monoisotopic (exact) mass is 382 g/mol. The Morgan fingerprint density at radius 1 is 1.00 bits per heavy atom. The fraction of sp³-hybridized carbons (Fsp3) is 0.133. The molecule has 0 aliphatic carbocycles. The first-order chi connectivity index (χ1) is 9.19. The van der Waals surface area contributed by atoms with Gasteiger partial charge in [0.05, 0.1) is 0 Å². The number of carbonyl (C=O) groups is 1. The third kappa shape index (κ3) is 4.18. The molecule has 0 saturated carbocycles. The number of ketones is 1. The first-order valence-corrected chi connectivity index (χ1v) is 7.67. The fourth-order valence-corrected chi connectivity index (χ4v) is 2.18. The van der Waals surface area contributed by atoms with Gasteiger partial charge in [0.1, 0.15) is 5.75 Å². The highest BCUT2D eigenvalue weighted by molar-refractivity contribution is 9.10. The molecule has 4 heteroatoms. The second kappa shape index (κ2) is 6.87. The summed E-state index contributed by atoms with van der Waals surface area (Å²) in [5.74, 6) is 0.673. The van der Waals surface area contributed by atoms with Gasteiger partial charge in [0.15, 0.2) is 12.4 Å². The van der Waals surface area contributed by atoms with Crippen LogP contribution < -0.4 is 4.74 Å². The number of ether oxygens (including phenoxy) is 1. The van der Waals surface area contributed by atoms with E-state index >= 15 is 0 Å². The Morgan fingerprint density at radius 2 is 1.63 bits per heavy atom. The Hall–Kier alpha value is -1.13. The molecular weight excluding hydrogens is 372 g/mol. The van der Waals surface area contributed by atoms with Crippen LogP contribution in [0.5, 0.6) is 5.75 Å². The number of carbonyl (C=O) groups excluding carboxylic acids is 1. The molecule has 0 aliphatic heterocycles. The number of Topliss-reactive ketones (excluding diaryl/α,β-unsaturated/α-hetero) is 1. The highest BCUT2D eigenvalue weighted by Gasteiger charge is 2.06. The summed E-state index contributed by atoms with van der Waals surface area (Å²) in [4.78, 5) is 11.9. The molecule has 2 aromatic rings. The molecule has 98 valence electrons. The van der Waals surface area contributed by atoms with Crippen molar-refractivity contribution in [2.75, 3.05) is 6.61 Å². The minimum atomic E-state index is -0.0305. The zero-order valence-electron chi connectivity index (χ0n) is 10.1. The SMILES string of the molecule is O=C(COc1ccc(CBr)cc1)c1ccc(Br)cc1. The van der Waals surface area contributed by atoms with Crippen LogP contribution in [0.3, 0.4) is 0 Å². The van der Waals surface area contributed by atoms with Gasteiger partial charge in [0.25, 0.3) is 0 Å². The second-order valence-corrected chi connectivity index (χ2v) is 5.47. The van der Waals surface area contributed by atoms with Gasteiger partial charge in [0, 0.05) is 15.4 Å². The van der Waals surface area contributed by atoms with E-state index in [1.807, 2.05) is 36.4 Å². The highest BCUT2D eigenvalue weighted by atomic mass is 79.9. The summed E-state index contributed by atoms with van der Waals surface area (Å²) in [5, 5.41) is 0.811. The lowest BCUT2D eigenvalue weighted by atomic mass is 10.1. The van der Waals surface area contributed by atoms with Crippen LogP contribution in [-0.2, 0) is 5.33 Å². The molecule has 0 aliphatic rings. The molecule has 2 aromatic carbocycles.